The molecule has 2 aromatic heterocycles. The largest absolute Gasteiger partial charge is 0.350 e. The number of hydrogen-bond donors (Lipinski definition) is 1. The molecule has 0 fully saturated rings. The molecule has 0 bridgehead atoms. The van der Waals surface area contributed by atoms with Crippen LogP contribution in [0.3, 0.4) is 0 Å². The normalized spacial score (nSPS) is 11.0. The van der Waals surface area contributed by atoms with Gasteiger partial charge in [0.25, 0.3) is 5.56 Å². The number of nitrogens with zero attached hydrogens (tertiary/aromatic N) is 2. The Morgan fingerprint density at radius 2 is 1.65 bits per heavy atom. The average molecular weight is 437 g/mol. The molecule has 4 aromatic rings. The second-order valence-corrected chi connectivity index (χ2v) is 8.20. The summed E-state index contributed by atoms with van der Waals surface area (Å²) in [6.07, 6.45) is 0. The van der Waals surface area contributed by atoms with E-state index >= 15 is 0 Å². The minimum atomic E-state index is -0.578. The number of thiophene rings is 1. The highest BCUT2D eigenvalue weighted by atomic mass is 32.1. The lowest BCUT2D eigenvalue weighted by atomic mass is 10.1. The highest BCUT2D eigenvalue weighted by molar-refractivity contribution is 7.17. The number of nitrogens with one attached hydrogen (secondary N) is 1. The number of fused-ring (bicyclic) bond motifs is 1. The molecule has 1 amide bonds. The number of hydrogen-bond acceptors (Lipinski definition) is 4. The maximum Gasteiger partial charge on any atom is 0.332 e. The zero-order valence-electron chi connectivity index (χ0n) is 16.8. The molecule has 0 aliphatic rings. The van der Waals surface area contributed by atoms with Crippen LogP contribution in [0.5, 0.6) is 0 Å². The standard InChI is InChI=1S/C23H20FN3O3S/c1-15-2-4-16(5-3-15)12-25-20(28)14-26-19-10-11-31-21(19)22(29)27(23(26)30)13-17-6-8-18(24)9-7-17/h2-11H,12-14H2,1H3,(H,25,28). The summed E-state index contributed by atoms with van der Waals surface area (Å²) in [6.45, 7) is 2.12. The first-order valence-corrected chi connectivity index (χ1v) is 10.6. The van der Waals surface area contributed by atoms with Crippen molar-refractivity contribution in [1.29, 1.82) is 0 Å². The highest BCUT2D eigenvalue weighted by Crippen LogP contribution is 2.15. The Morgan fingerprint density at radius 1 is 0.968 bits per heavy atom. The summed E-state index contributed by atoms with van der Waals surface area (Å²) in [5.74, 6) is -0.727. The second-order valence-electron chi connectivity index (χ2n) is 7.28. The van der Waals surface area contributed by atoms with Gasteiger partial charge in [-0.3, -0.25) is 18.7 Å². The number of carbonyl (C=O) groups is 1. The van der Waals surface area contributed by atoms with Gasteiger partial charge in [-0.15, -0.1) is 11.3 Å². The predicted molar refractivity (Wildman–Crippen MR) is 119 cm³/mol. The predicted octanol–water partition coefficient (Wildman–Crippen LogP) is 3.04. The SMILES string of the molecule is Cc1ccc(CNC(=O)Cn2c(=O)n(Cc3ccc(F)cc3)c(=O)c3sccc32)cc1. The van der Waals surface area contributed by atoms with Crippen LogP contribution in [0.1, 0.15) is 16.7 Å². The van der Waals surface area contributed by atoms with Crippen molar-refractivity contribution in [3.63, 3.8) is 0 Å². The first-order valence-electron chi connectivity index (χ1n) is 9.70. The van der Waals surface area contributed by atoms with E-state index in [4.69, 9.17) is 0 Å². The minimum absolute atomic E-state index is 0.00320. The molecular weight excluding hydrogens is 417 g/mol. The van der Waals surface area contributed by atoms with Crippen LogP contribution >= 0.6 is 11.3 Å². The molecule has 0 spiro atoms. The molecule has 0 saturated heterocycles. The lowest BCUT2D eigenvalue weighted by Gasteiger charge is -2.13. The molecular formula is C23H20FN3O3S. The van der Waals surface area contributed by atoms with E-state index in [0.717, 1.165) is 15.7 Å². The molecule has 0 aliphatic carbocycles. The van der Waals surface area contributed by atoms with Gasteiger partial charge >= 0.3 is 5.69 Å². The van der Waals surface area contributed by atoms with Crippen LogP contribution in [0.2, 0.25) is 0 Å². The van der Waals surface area contributed by atoms with Gasteiger partial charge in [0.1, 0.15) is 17.1 Å². The third-order valence-corrected chi connectivity index (χ3v) is 5.89. The van der Waals surface area contributed by atoms with Crippen LogP contribution in [0.4, 0.5) is 4.39 Å². The van der Waals surface area contributed by atoms with Gasteiger partial charge < -0.3 is 5.32 Å². The average Bonchev–Trinajstić information content (AvgIpc) is 3.25. The van der Waals surface area contributed by atoms with Crippen molar-refractivity contribution in [3.8, 4) is 0 Å². The van der Waals surface area contributed by atoms with Crippen LogP contribution in [0, 0.1) is 12.7 Å². The van der Waals surface area contributed by atoms with Gasteiger partial charge in [0.2, 0.25) is 5.91 Å². The number of aryl methyl sites for hydroxylation is 1. The Labute approximate surface area is 181 Å². The first-order chi connectivity index (χ1) is 14.9. The molecule has 0 radical (unpaired) electrons. The van der Waals surface area contributed by atoms with E-state index in [1.54, 1.807) is 11.4 Å². The van der Waals surface area contributed by atoms with Gasteiger partial charge in [-0.1, -0.05) is 42.0 Å². The van der Waals surface area contributed by atoms with E-state index < -0.39 is 17.1 Å². The Hall–Kier alpha value is -3.52. The summed E-state index contributed by atoms with van der Waals surface area (Å²) >= 11 is 1.22. The first kappa shape index (κ1) is 20.7. The third-order valence-electron chi connectivity index (χ3n) is 5.00. The minimum Gasteiger partial charge on any atom is -0.350 e. The summed E-state index contributed by atoms with van der Waals surface area (Å²) < 4.78 is 16.0. The third kappa shape index (κ3) is 4.49. The molecule has 1 N–H and O–H groups in total. The van der Waals surface area contributed by atoms with Gasteiger partial charge in [0.05, 0.1) is 12.1 Å². The van der Waals surface area contributed by atoms with E-state index in [1.165, 1.54) is 40.2 Å². The maximum atomic E-state index is 13.2. The van der Waals surface area contributed by atoms with Crippen molar-refractivity contribution in [1.82, 2.24) is 14.5 Å². The van der Waals surface area contributed by atoms with Gasteiger partial charge in [-0.05, 0) is 41.6 Å². The Kier molecular flexibility index (Phi) is 5.81. The topological polar surface area (TPSA) is 73.1 Å². The van der Waals surface area contributed by atoms with Crippen molar-refractivity contribution in [2.75, 3.05) is 0 Å². The molecule has 0 unspecified atom stereocenters. The Morgan fingerprint density at radius 3 is 2.35 bits per heavy atom. The quantitative estimate of drug-likeness (QED) is 0.504. The van der Waals surface area contributed by atoms with E-state index in [2.05, 4.69) is 5.32 Å². The summed E-state index contributed by atoms with van der Waals surface area (Å²) in [5, 5.41) is 4.53. The van der Waals surface area contributed by atoms with Gasteiger partial charge in [-0.2, -0.15) is 0 Å². The molecule has 158 valence electrons. The van der Waals surface area contributed by atoms with Crippen molar-refractivity contribution in [2.45, 2.75) is 26.6 Å². The Bertz CT molecular complexity index is 1350. The van der Waals surface area contributed by atoms with Crippen LogP contribution in [-0.2, 0) is 24.4 Å². The molecule has 0 saturated carbocycles. The maximum absolute atomic E-state index is 13.2. The van der Waals surface area contributed by atoms with E-state index in [-0.39, 0.29) is 19.0 Å². The second kappa shape index (κ2) is 8.69. The van der Waals surface area contributed by atoms with Gasteiger partial charge in [0, 0.05) is 6.54 Å². The molecule has 4 rings (SSSR count). The fraction of sp³-hybridized carbons (Fsp3) is 0.174. The summed E-state index contributed by atoms with van der Waals surface area (Å²) in [5.41, 5.74) is 2.13. The van der Waals surface area contributed by atoms with Crippen LogP contribution in [-0.4, -0.2) is 15.0 Å². The fourth-order valence-electron chi connectivity index (χ4n) is 3.30. The Balaban J connectivity index is 1.62. The lowest BCUT2D eigenvalue weighted by molar-refractivity contribution is -0.121. The van der Waals surface area contributed by atoms with Crippen LogP contribution in [0.15, 0.2) is 69.6 Å². The van der Waals surface area contributed by atoms with Crippen molar-refractivity contribution in [2.24, 2.45) is 0 Å². The van der Waals surface area contributed by atoms with Crippen molar-refractivity contribution in [3.05, 3.63) is 103 Å². The molecule has 2 aromatic carbocycles. The van der Waals surface area contributed by atoms with Crippen molar-refractivity contribution < 1.29 is 9.18 Å². The monoisotopic (exact) mass is 437 g/mol. The summed E-state index contributed by atoms with van der Waals surface area (Å²) in [4.78, 5) is 38.5. The molecule has 31 heavy (non-hydrogen) atoms. The molecule has 8 heteroatoms. The number of rotatable bonds is 6. The number of carbonyl (C=O) groups excluding carboxylic acids is 1. The highest BCUT2D eigenvalue weighted by Gasteiger charge is 2.16. The van der Waals surface area contributed by atoms with Crippen molar-refractivity contribution >= 4 is 27.5 Å². The van der Waals surface area contributed by atoms with E-state index in [0.29, 0.717) is 22.3 Å². The molecule has 0 aliphatic heterocycles. The van der Waals surface area contributed by atoms with Crippen LogP contribution < -0.4 is 16.6 Å². The zero-order chi connectivity index (χ0) is 22.0. The molecule has 6 nitrogen and oxygen atoms in total. The number of aromatic nitrogens is 2. The summed E-state index contributed by atoms with van der Waals surface area (Å²) in [7, 11) is 0. The lowest BCUT2D eigenvalue weighted by Crippen LogP contribution is -2.42. The van der Waals surface area contributed by atoms with Crippen LogP contribution in [0.25, 0.3) is 10.2 Å². The van der Waals surface area contributed by atoms with Gasteiger partial charge in [-0.25, -0.2) is 9.18 Å². The molecule has 0 atom stereocenters. The van der Waals surface area contributed by atoms with Gasteiger partial charge in [0.15, 0.2) is 0 Å². The smallest absolute Gasteiger partial charge is 0.332 e. The zero-order valence-corrected chi connectivity index (χ0v) is 17.6. The number of amides is 1. The number of benzene rings is 2. The van der Waals surface area contributed by atoms with E-state index in [9.17, 15) is 18.8 Å². The van der Waals surface area contributed by atoms with E-state index in [1.807, 2.05) is 31.2 Å². The fourth-order valence-corrected chi connectivity index (χ4v) is 4.15. The summed E-state index contributed by atoms with van der Waals surface area (Å²) in [6, 6.07) is 15.1. The molecule has 2 heterocycles. The number of halogens is 1.